The Morgan fingerprint density at radius 2 is 1.50 bits per heavy atom. The lowest BCUT2D eigenvalue weighted by Crippen LogP contribution is -1.75. The molecule has 0 atom stereocenters. The van der Waals surface area contributed by atoms with E-state index in [0.717, 1.165) is 12.7 Å². The number of unbranched alkanes of at least 4 members (excludes halogenated alkanes) is 5. The molecule has 0 aromatic rings. The minimum absolute atomic E-state index is 0.841. The number of rotatable bonds is 9. The maximum atomic E-state index is 9.94. The molecule has 0 amide bonds. The Balaban J connectivity index is 3.05. The van der Waals surface area contributed by atoms with Gasteiger partial charge in [0.25, 0.3) is 0 Å². The molecule has 0 bridgehead atoms. The van der Waals surface area contributed by atoms with Crippen molar-refractivity contribution < 1.29 is 4.79 Å². The van der Waals surface area contributed by atoms with Crippen molar-refractivity contribution in [3.05, 3.63) is 24.3 Å². The summed E-state index contributed by atoms with van der Waals surface area (Å²) in [6.45, 7) is 2.20. The Morgan fingerprint density at radius 3 is 2.14 bits per heavy atom. The molecule has 0 N–H and O–H groups in total. The number of aldehydes is 1. The van der Waals surface area contributed by atoms with Crippen LogP contribution in [-0.2, 0) is 4.79 Å². The van der Waals surface area contributed by atoms with Gasteiger partial charge in [0.2, 0.25) is 0 Å². The zero-order valence-corrected chi connectivity index (χ0v) is 9.24. The highest BCUT2D eigenvalue weighted by atomic mass is 16.1. The average molecular weight is 194 g/mol. The highest BCUT2D eigenvalue weighted by molar-refractivity contribution is 5.64. The lowest BCUT2D eigenvalue weighted by atomic mass is 10.1. The summed E-state index contributed by atoms with van der Waals surface area (Å²) in [6, 6.07) is 0. The molecule has 0 saturated carbocycles. The Hall–Kier alpha value is -0.850. The van der Waals surface area contributed by atoms with E-state index in [1.165, 1.54) is 38.5 Å². The molecule has 0 aromatic carbocycles. The van der Waals surface area contributed by atoms with Crippen LogP contribution in [0.15, 0.2) is 24.3 Å². The number of carbonyl (C=O) groups excluding carboxylic acids is 1. The first kappa shape index (κ1) is 13.2. The average Bonchev–Trinajstić information content (AvgIpc) is 2.21. The van der Waals surface area contributed by atoms with Gasteiger partial charge in [-0.15, -0.1) is 0 Å². The van der Waals surface area contributed by atoms with E-state index >= 15 is 0 Å². The third-order valence-electron chi connectivity index (χ3n) is 2.08. The zero-order valence-electron chi connectivity index (χ0n) is 9.24. The van der Waals surface area contributed by atoms with Crippen molar-refractivity contribution in [2.75, 3.05) is 0 Å². The fourth-order valence-electron chi connectivity index (χ4n) is 1.26. The monoisotopic (exact) mass is 194 g/mol. The molecule has 14 heavy (non-hydrogen) atoms. The van der Waals surface area contributed by atoms with E-state index in [1.54, 1.807) is 6.08 Å². The van der Waals surface area contributed by atoms with Gasteiger partial charge in [-0.25, -0.2) is 0 Å². The Bertz CT molecular complexity index is 168. The smallest absolute Gasteiger partial charge is 0.142 e. The van der Waals surface area contributed by atoms with Crippen LogP contribution in [0.5, 0.6) is 0 Å². The number of hydrogen-bond donors (Lipinski definition) is 0. The van der Waals surface area contributed by atoms with E-state index in [1.807, 2.05) is 6.08 Å². The third kappa shape index (κ3) is 11.2. The molecular formula is C13H22O. The molecule has 0 aromatic heterocycles. The van der Waals surface area contributed by atoms with Crippen LogP contribution in [0.3, 0.4) is 0 Å². The second-order valence-corrected chi connectivity index (χ2v) is 3.46. The van der Waals surface area contributed by atoms with Gasteiger partial charge in [-0.2, -0.15) is 0 Å². The van der Waals surface area contributed by atoms with Crippen LogP contribution in [0.25, 0.3) is 0 Å². The predicted molar refractivity (Wildman–Crippen MR) is 62.3 cm³/mol. The van der Waals surface area contributed by atoms with Crippen molar-refractivity contribution in [3.63, 3.8) is 0 Å². The number of carbonyl (C=O) groups is 1. The second-order valence-electron chi connectivity index (χ2n) is 3.46. The van der Waals surface area contributed by atoms with Gasteiger partial charge in [0.05, 0.1) is 0 Å². The van der Waals surface area contributed by atoms with Crippen molar-refractivity contribution in [2.24, 2.45) is 0 Å². The Morgan fingerprint density at radius 1 is 0.857 bits per heavy atom. The van der Waals surface area contributed by atoms with E-state index in [0.29, 0.717) is 0 Å². The molecule has 0 fully saturated rings. The summed E-state index contributed by atoms with van der Waals surface area (Å²) in [5.74, 6) is 0. The molecule has 0 rings (SSSR count). The quantitative estimate of drug-likeness (QED) is 0.234. The summed E-state index contributed by atoms with van der Waals surface area (Å²) in [4.78, 5) is 9.94. The third-order valence-corrected chi connectivity index (χ3v) is 2.08. The molecule has 0 radical (unpaired) electrons. The van der Waals surface area contributed by atoms with Crippen LogP contribution < -0.4 is 0 Å². The fourth-order valence-corrected chi connectivity index (χ4v) is 1.26. The van der Waals surface area contributed by atoms with Gasteiger partial charge in [0.1, 0.15) is 6.29 Å². The SMILES string of the molecule is CCCC=CCCCCCC=CC=O. The zero-order chi connectivity index (χ0) is 10.5. The normalized spacial score (nSPS) is 11.5. The number of hydrogen-bond acceptors (Lipinski definition) is 1. The summed E-state index contributed by atoms with van der Waals surface area (Å²) in [7, 11) is 0. The van der Waals surface area contributed by atoms with Crippen molar-refractivity contribution >= 4 is 6.29 Å². The van der Waals surface area contributed by atoms with Gasteiger partial charge in [-0.1, -0.05) is 38.0 Å². The first-order chi connectivity index (χ1) is 6.91. The van der Waals surface area contributed by atoms with Crippen LogP contribution in [0.1, 0.15) is 51.9 Å². The molecule has 0 aliphatic rings. The van der Waals surface area contributed by atoms with Gasteiger partial charge < -0.3 is 0 Å². The molecule has 0 heterocycles. The van der Waals surface area contributed by atoms with E-state index in [-0.39, 0.29) is 0 Å². The van der Waals surface area contributed by atoms with Gasteiger partial charge in [0.15, 0.2) is 0 Å². The van der Waals surface area contributed by atoms with E-state index < -0.39 is 0 Å². The van der Waals surface area contributed by atoms with Crippen molar-refractivity contribution in [1.82, 2.24) is 0 Å². The molecule has 80 valence electrons. The van der Waals surface area contributed by atoms with Crippen LogP contribution in [0.2, 0.25) is 0 Å². The molecule has 0 aliphatic carbocycles. The largest absolute Gasteiger partial charge is 0.299 e. The van der Waals surface area contributed by atoms with E-state index in [4.69, 9.17) is 0 Å². The predicted octanol–water partition coefficient (Wildman–Crippen LogP) is 4.05. The van der Waals surface area contributed by atoms with E-state index in [2.05, 4.69) is 19.1 Å². The first-order valence-corrected chi connectivity index (χ1v) is 5.67. The summed E-state index contributed by atoms with van der Waals surface area (Å²) in [6.07, 6.45) is 17.4. The summed E-state index contributed by atoms with van der Waals surface area (Å²) >= 11 is 0. The maximum absolute atomic E-state index is 9.94. The van der Waals surface area contributed by atoms with Crippen LogP contribution in [0, 0.1) is 0 Å². The minimum Gasteiger partial charge on any atom is -0.299 e. The molecule has 1 nitrogen and oxygen atoms in total. The van der Waals surface area contributed by atoms with Crippen molar-refractivity contribution in [3.8, 4) is 0 Å². The standard InChI is InChI=1S/C13H22O/c1-2-3-4-5-6-7-8-9-10-11-12-13-14/h4-5,11-13H,2-3,6-10H2,1H3. The van der Waals surface area contributed by atoms with Crippen LogP contribution in [-0.4, -0.2) is 6.29 Å². The number of allylic oxidation sites excluding steroid dienone is 4. The molecule has 0 aliphatic heterocycles. The Labute approximate surface area is 87.9 Å². The van der Waals surface area contributed by atoms with E-state index in [9.17, 15) is 4.79 Å². The molecule has 1 heteroatoms. The highest BCUT2D eigenvalue weighted by Crippen LogP contribution is 2.04. The molecule has 0 saturated heterocycles. The lowest BCUT2D eigenvalue weighted by Gasteiger charge is -1.94. The van der Waals surface area contributed by atoms with Gasteiger partial charge >= 0.3 is 0 Å². The Kier molecular flexibility index (Phi) is 11.4. The van der Waals surface area contributed by atoms with Crippen LogP contribution >= 0.6 is 0 Å². The van der Waals surface area contributed by atoms with Crippen molar-refractivity contribution in [2.45, 2.75) is 51.9 Å². The van der Waals surface area contributed by atoms with Crippen LogP contribution in [0.4, 0.5) is 0 Å². The summed E-state index contributed by atoms with van der Waals surface area (Å²) < 4.78 is 0. The van der Waals surface area contributed by atoms with Crippen molar-refractivity contribution in [1.29, 1.82) is 0 Å². The molecule has 0 spiro atoms. The van der Waals surface area contributed by atoms with Gasteiger partial charge in [-0.05, 0) is 38.2 Å². The summed E-state index contributed by atoms with van der Waals surface area (Å²) in [5, 5.41) is 0. The fraction of sp³-hybridized carbons (Fsp3) is 0.615. The minimum atomic E-state index is 0.841. The molecular weight excluding hydrogens is 172 g/mol. The van der Waals surface area contributed by atoms with Gasteiger partial charge in [0, 0.05) is 0 Å². The van der Waals surface area contributed by atoms with Gasteiger partial charge in [-0.3, -0.25) is 4.79 Å². The summed E-state index contributed by atoms with van der Waals surface area (Å²) in [5.41, 5.74) is 0. The highest BCUT2D eigenvalue weighted by Gasteiger charge is 1.85. The topological polar surface area (TPSA) is 17.1 Å². The molecule has 0 unspecified atom stereocenters. The lowest BCUT2D eigenvalue weighted by molar-refractivity contribution is -0.104. The second kappa shape index (κ2) is 12.2. The first-order valence-electron chi connectivity index (χ1n) is 5.67. The maximum Gasteiger partial charge on any atom is 0.142 e.